The molecule has 0 amide bonds. The lowest BCUT2D eigenvalue weighted by molar-refractivity contribution is 0.704. The molecule has 4 nitrogen and oxygen atoms in total. The molecule has 3 rings (SSSR count). The molecule has 3 aromatic rings. The first kappa shape index (κ1) is 11.0. The van der Waals surface area contributed by atoms with Gasteiger partial charge in [-0.25, -0.2) is 9.38 Å². The molecule has 1 N–H and O–H groups in total. The zero-order valence-corrected chi connectivity index (χ0v) is 10.5. The highest BCUT2D eigenvalue weighted by Gasteiger charge is 2.11. The van der Waals surface area contributed by atoms with Gasteiger partial charge in [0.2, 0.25) is 5.78 Å². The van der Waals surface area contributed by atoms with Gasteiger partial charge in [0, 0.05) is 11.8 Å². The van der Waals surface area contributed by atoms with Crippen LogP contribution < -0.4 is 5.56 Å². The number of para-hydroxylation sites is 2. The summed E-state index contributed by atoms with van der Waals surface area (Å²) in [7, 11) is 0. The maximum Gasteiger partial charge on any atom is 0.259 e. The van der Waals surface area contributed by atoms with Gasteiger partial charge in [0.15, 0.2) is 0 Å². The molecule has 0 bridgehead atoms. The van der Waals surface area contributed by atoms with Crippen LogP contribution in [0.2, 0.25) is 0 Å². The molecule has 0 aliphatic heterocycles. The number of aromatic nitrogens is 3. The van der Waals surface area contributed by atoms with E-state index in [2.05, 4.69) is 23.8 Å². The average molecular weight is 241 g/mol. The number of nitrogens with zero attached hydrogens (tertiary/aromatic N) is 2. The molecule has 1 atom stereocenters. The summed E-state index contributed by atoms with van der Waals surface area (Å²) in [4.78, 5) is 19.9. The van der Waals surface area contributed by atoms with Gasteiger partial charge in [0.05, 0.1) is 11.0 Å². The third-order valence-electron chi connectivity index (χ3n) is 3.46. The van der Waals surface area contributed by atoms with Crippen molar-refractivity contribution in [2.75, 3.05) is 0 Å². The van der Waals surface area contributed by atoms with Crippen LogP contribution in [0.25, 0.3) is 16.8 Å². The topological polar surface area (TPSA) is 50.2 Å². The van der Waals surface area contributed by atoms with E-state index in [-0.39, 0.29) is 5.56 Å². The molecule has 0 fully saturated rings. The fraction of sp³-hybridized carbons (Fsp3) is 0.286. The minimum Gasteiger partial charge on any atom is -0.328 e. The molecular formula is C14H15N3O. The van der Waals surface area contributed by atoms with Crippen molar-refractivity contribution in [3.05, 3.63) is 46.4 Å². The van der Waals surface area contributed by atoms with Gasteiger partial charge < -0.3 is 4.98 Å². The summed E-state index contributed by atoms with van der Waals surface area (Å²) in [6.07, 6.45) is 0.992. The van der Waals surface area contributed by atoms with Crippen molar-refractivity contribution in [2.24, 2.45) is 0 Å². The molecule has 2 aromatic heterocycles. The van der Waals surface area contributed by atoms with E-state index in [0.29, 0.717) is 11.7 Å². The van der Waals surface area contributed by atoms with Gasteiger partial charge in [-0.05, 0) is 24.5 Å². The van der Waals surface area contributed by atoms with Crippen LogP contribution in [0.3, 0.4) is 0 Å². The molecule has 2 heterocycles. The molecular weight excluding hydrogens is 226 g/mol. The highest BCUT2D eigenvalue weighted by atomic mass is 16.1. The third-order valence-corrected chi connectivity index (χ3v) is 3.46. The van der Waals surface area contributed by atoms with E-state index < -0.39 is 0 Å². The van der Waals surface area contributed by atoms with Crippen molar-refractivity contribution >= 4 is 16.8 Å². The molecule has 0 spiro atoms. The Morgan fingerprint density at radius 3 is 2.94 bits per heavy atom. The fourth-order valence-corrected chi connectivity index (χ4v) is 2.18. The Kier molecular flexibility index (Phi) is 2.44. The maximum absolute atomic E-state index is 12.2. The van der Waals surface area contributed by atoms with Crippen LogP contribution in [0.1, 0.15) is 31.9 Å². The van der Waals surface area contributed by atoms with Gasteiger partial charge in [0.1, 0.15) is 0 Å². The number of aromatic amines is 1. The summed E-state index contributed by atoms with van der Waals surface area (Å²) in [6, 6.07) is 9.34. The van der Waals surface area contributed by atoms with Crippen LogP contribution in [0, 0.1) is 0 Å². The Morgan fingerprint density at radius 1 is 1.39 bits per heavy atom. The number of imidazole rings is 1. The lowest BCUT2D eigenvalue weighted by atomic mass is 10.1. The van der Waals surface area contributed by atoms with Crippen molar-refractivity contribution in [3.8, 4) is 0 Å². The first-order valence-electron chi connectivity index (χ1n) is 6.21. The molecule has 0 aliphatic rings. The lowest BCUT2D eigenvalue weighted by Gasteiger charge is -2.08. The summed E-state index contributed by atoms with van der Waals surface area (Å²) in [5, 5.41) is 0. The molecule has 1 unspecified atom stereocenters. The second-order valence-corrected chi connectivity index (χ2v) is 4.63. The van der Waals surface area contributed by atoms with Crippen molar-refractivity contribution < 1.29 is 0 Å². The van der Waals surface area contributed by atoms with E-state index in [1.165, 1.54) is 0 Å². The third kappa shape index (κ3) is 1.53. The first-order chi connectivity index (χ1) is 8.70. The Bertz CT molecular complexity index is 769. The minimum absolute atomic E-state index is 0.0206. The predicted octanol–water partition coefficient (Wildman–Crippen LogP) is 2.69. The van der Waals surface area contributed by atoms with Gasteiger partial charge >= 0.3 is 0 Å². The zero-order chi connectivity index (χ0) is 12.7. The number of benzene rings is 1. The molecule has 1 aromatic carbocycles. The van der Waals surface area contributed by atoms with Gasteiger partial charge in [-0.1, -0.05) is 26.0 Å². The summed E-state index contributed by atoms with van der Waals surface area (Å²) in [5.74, 6) is 0.960. The number of nitrogens with one attached hydrogen (secondary N) is 1. The average Bonchev–Trinajstić information content (AvgIpc) is 2.76. The van der Waals surface area contributed by atoms with E-state index in [1.54, 1.807) is 10.5 Å². The van der Waals surface area contributed by atoms with E-state index in [9.17, 15) is 4.79 Å². The molecule has 18 heavy (non-hydrogen) atoms. The second kappa shape index (κ2) is 3.98. The Balaban J connectivity index is 2.39. The van der Waals surface area contributed by atoms with Crippen molar-refractivity contribution in [2.45, 2.75) is 26.2 Å². The summed E-state index contributed by atoms with van der Waals surface area (Å²) < 4.78 is 1.63. The number of rotatable bonds is 2. The summed E-state index contributed by atoms with van der Waals surface area (Å²) in [6.45, 7) is 4.21. The molecule has 0 saturated heterocycles. The predicted molar refractivity (Wildman–Crippen MR) is 72.0 cm³/mol. The van der Waals surface area contributed by atoms with E-state index in [0.717, 1.165) is 23.1 Å². The number of H-pyrrole nitrogens is 1. The van der Waals surface area contributed by atoms with E-state index in [1.807, 2.05) is 24.3 Å². The molecule has 4 heteroatoms. The molecule has 0 aliphatic carbocycles. The molecule has 0 radical (unpaired) electrons. The number of hydrogen-bond donors (Lipinski definition) is 1. The van der Waals surface area contributed by atoms with E-state index >= 15 is 0 Å². The quantitative estimate of drug-likeness (QED) is 0.750. The largest absolute Gasteiger partial charge is 0.328 e. The Hall–Kier alpha value is -2.10. The second-order valence-electron chi connectivity index (χ2n) is 4.63. The summed E-state index contributed by atoms with van der Waals surface area (Å²) in [5.41, 5.74) is 2.62. The molecule has 92 valence electrons. The van der Waals surface area contributed by atoms with Crippen LogP contribution >= 0.6 is 0 Å². The van der Waals surface area contributed by atoms with Crippen LogP contribution in [-0.2, 0) is 0 Å². The highest BCUT2D eigenvalue weighted by molar-refractivity contribution is 5.79. The highest BCUT2D eigenvalue weighted by Crippen LogP contribution is 2.17. The lowest BCUT2D eigenvalue weighted by Crippen LogP contribution is -2.15. The number of hydrogen-bond acceptors (Lipinski definition) is 2. The number of fused-ring (bicyclic) bond motifs is 3. The van der Waals surface area contributed by atoms with Gasteiger partial charge in [-0.3, -0.25) is 4.79 Å². The zero-order valence-electron chi connectivity index (χ0n) is 10.5. The maximum atomic E-state index is 12.2. The minimum atomic E-state index is -0.0206. The molecule has 0 saturated carbocycles. The van der Waals surface area contributed by atoms with Crippen molar-refractivity contribution in [1.29, 1.82) is 0 Å². The van der Waals surface area contributed by atoms with Crippen molar-refractivity contribution in [1.82, 2.24) is 14.4 Å². The standard InChI is InChI=1S/C14H15N3O/c1-3-9(2)11-8-13(18)17-12-7-5-4-6-10(12)15-14(17)16-11/h4-9H,3H2,1-2H3,(H,15,16). The van der Waals surface area contributed by atoms with Gasteiger partial charge in [-0.15, -0.1) is 0 Å². The summed E-state index contributed by atoms with van der Waals surface area (Å²) >= 11 is 0. The van der Waals surface area contributed by atoms with Crippen LogP contribution in [0.15, 0.2) is 35.1 Å². The Labute approximate surface area is 104 Å². The van der Waals surface area contributed by atoms with Gasteiger partial charge in [-0.2, -0.15) is 0 Å². The normalized spacial score (nSPS) is 13.2. The smallest absolute Gasteiger partial charge is 0.259 e. The van der Waals surface area contributed by atoms with E-state index in [4.69, 9.17) is 0 Å². The van der Waals surface area contributed by atoms with Gasteiger partial charge in [0.25, 0.3) is 5.56 Å². The van der Waals surface area contributed by atoms with Crippen molar-refractivity contribution in [3.63, 3.8) is 0 Å². The fourth-order valence-electron chi connectivity index (χ4n) is 2.18. The van der Waals surface area contributed by atoms with Crippen LogP contribution in [-0.4, -0.2) is 14.4 Å². The van der Waals surface area contributed by atoms with Crippen LogP contribution in [0.4, 0.5) is 0 Å². The first-order valence-corrected chi connectivity index (χ1v) is 6.21. The Morgan fingerprint density at radius 2 is 2.17 bits per heavy atom. The monoisotopic (exact) mass is 241 g/mol. The SMILES string of the molecule is CCC(C)c1cc(=O)n2c(nc3ccccc32)[nH]1. The van der Waals surface area contributed by atoms with Crippen LogP contribution in [0.5, 0.6) is 0 Å².